The van der Waals surface area contributed by atoms with Crippen LogP contribution in [0.3, 0.4) is 0 Å². The van der Waals surface area contributed by atoms with Gasteiger partial charge in [0, 0.05) is 12.8 Å². The van der Waals surface area contributed by atoms with Gasteiger partial charge in [0.15, 0.2) is 0 Å². The molecule has 0 spiro atoms. The summed E-state index contributed by atoms with van der Waals surface area (Å²) in [5, 5.41) is 8.10. The van der Waals surface area contributed by atoms with E-state index < -0.39 is 47.9 Å². The van der Waals surface area contributed by atoms with Crippen molar-refractivity contribution in [2.45, 2.75) is 70.2 Å². The number of ether oxygens (including phenoxy) is 1. The third kappa shape index (κ3) is 7.30. The van der Waals surface area contributed by atoms with Gasteiger partial charge in [0.05, 0.1) is 6.42 Å². The van der Waals surface area contributed by atoms with Gasteiger partial charge in [0.1, 0.15) is 24.2 Å². The topological polar surface area (TPSA) is 114 Å². The quantitative estimate of drug-likeness (QED) is 0.601. The molecule has 0 saturated carbocycles. The Labute approximate surface area is 193 Å². The number of rotatable bonds is 4. The van der Waals surface area contributed by atoms with Crippen LogP contribution in [-0.2, 0) is 30.3 Å². The molecule has 8 nitrogen and oxygen atoms in total. The molecule has 8 heteroatoms. The van der Waals surface area contributed by atoms with Gasteiger partial charge in [0.2, 0.25) is 17.7 Å². The minimum atomic E-state index is -0.946. The summed E-state index contributed by atoms with van der Waals surface area (Å²) in [5.74, 6) is -1.99. The van der Waals surface area contributed by atoms with Crippen LogP contribution in [-0.4, -0.2) is 47.9 Å². The van der Waals surface area contributed by atoms with Crippen LogP contribution in [0.15, 0.2) is 54.1 Å². The summed E-state index contributed by atoms with van der Waals surface area (Å²) in [5.41, 5.74) is 1.80. The van der Waals surface area contributed by atoms with E-state index in [1.165, 1.54) is 0 Å². The molecule has 2 aliphatic rings. The molecule has 3 N–H and O–H groups in total. The average Bonchev–Trinajstić information content (AvgIpc) is 2.79. The fourth-order valence-electron chi connectivity index (χ4n) is 3.82. The maximum absolute atomic E-state index is 13.0. The Balaban J connectivity index is 1.79. The molecule has 1 aromatic carbocycles. The highest BCUT2D eigenvalue weighted by molar-refractivity contribution is 5.94. The smallest absolute Gasteiger partial charge is 0.329 e. The van der Waals surface area contributed by atoms with Crippen LogP contribution in [0.25, 0.3) is 0 Å². The molecule has 0 unspecified atom stereocenters. The molecule has 1 saturated heterocycles. The van der Waals surface area contributed by atoms with Crippen molar-refractivity contribution in [3.05, 3.63) is 59.7 Å². The van der Waals surface area contributed by atoms with Crippen LogP contribution < -0.4 is 16.0 Å². The number of benzene rings is 1. The molecule has 33 heavy (non-hydrogen) atoms. The molecule has 176 valence electrons. The Morgan fingerprint density at radius 3 is 2.33 bits per heavy atom. The number of allylic oxidation sites excluding steroid dienone is 3. The highest BCUT2D eigenvalue weighted by Gasteiger charge is 2.31. The Morgan fingerprint density at radius 1 is 0.879 bits per heavy atom. The van der Waals surface area contributed by atoms with E-state index in [1.807, 2.05) is 48.6 Å². The monoisotopic (exact) mass is 453 g/mol. The predicted octanol–water partition coefficient (Wildman–Crippen LogP) is 1.71. The number of cyclic esters (lactones) is 1. The van der Waals surface area contributed by atoms with E-state index in [0.29, 0.717) is 6.42 Å². The van der Waals surface area contributed by atoms with E-state index in [0.717, 1.165) is 24.0 Å². The summed E-state index contributed by atoms with van der Waals surface area (Å²) < 4.78 is 5.47. The molecule has 1 heterocycles. The highest BCUT2D eigenvalue weighted by atomic mass is 16.5. The van der Waals surface area contributed by atoms with Gasteiger partial charge < -0.3 is 20.7 Å². The number of carbonyl (C=O) groups is 4. The van der Waals surface area contributed by atoms with Crippen LogP contribution in [0, 0.1) is 0 Å². The second-order valence-electron chi connectivity index (χ2n) is 8.52. The lowest BCUT2D eigenvalue weighted by atomic mass is 9.99. The Morgan fingerprint density at radius 2 is 1.64 bits per heavy atom. The van der Waals surface area contributed by atoms with Gasteiger partial charge in [-0.25, -0.2) is 4.79 Å². The molecule has 1 fully saturated rings. The van der Waals surface area contributed by atoms with Crippen molar-refractivity contribution in [1.82, 2.24) is 16.0 Å². The van der Waals surface area contributed by atoms with E-state index in [2.05, 4.69) is 16.0 Å². The van der Waals surface area contributed by atoms with E-state index in [9.17, 15) is 19.2 Å². The molecular weight excluding hydrogens is 422 g/mol. The third-order valence-corrected chi connectivity index (χ3v) is 5.59. The van der Waals surface area contributed by atoms with Gasteiger partial charge in [-0.1, -0.05) is 48.6 Å². The first-order chi connectivity index (χ1) is 15.8. The molecule has 3 rings (SSSR count). The lowest BCUT2D eigenvalue weighted by Gasteiger charge is -2.23. The summed E-state index contributed by atoms with van der Waals surface area (Å²) in [6.45, 7) is 3.15. The van der Waals surface area contributed by atoms with Crippen molar-refractivity contribution in [2.75, 3.05) is 0 Å². The molecule has 1 aliphatic carbocycles. The third-order valence-electron chi connectivity index (χ3n) is 5.59. The average molecular weight is 454 g/mol. The molecule has 0 bridgehead atoms. The van der Waals surface area contributed by atoms with Gasteiger partial charge in [0.25, 0.3) is 0 Å². The standard InChI is InChI=1S/C25H31N3O5/c1-16-13-22(29)27-20(14-18-9-5-3-6-10-18)24(31)26-17(2)23(30)28-21(25(32)33-16)15-19-11-7-4-8-12-19/h4-5,7-12,16-17,20-21H,3,6,13-15H2,1-2H3,(H,26,31)(H,27,29)(H,28,30)/t16-,17-,20-,21-/m1/s1. The van der Waals surface area contributed by atoms with Gasteiger partial charge >= 0.3 is 5.97 Å². The van der Waals surface area contributed by atoms with Crippen molar-refractivity contribution < 1.29 is 23.9 Å². The molecule has 3 amide bonds. The Bertz CT molecular complexity index is 941. The fraction of sp³-hybridized carbons (Fsp3) is 0.440. The summed E-state index contributed by atoms with van der Waals surface area (Å²) in [4.78, 5) is 51.2. The van der Waals surface area contributed by atoms with Crippen molar-refractivity contribution in [3.8, 4) is 0 Å². The summed E-state index contributed by atoms with van der Waals surface area (Å²) in [7, 11) is 0. The minimum Gasteiger partial charge on any atom is -0.461 e. The second kappa shape index (κ2) is 11.4. The first-order valence-electron chi connectivity index (χ1n) is 11.3. The molecular formula is C25H31N3O5. The van der Waals surface area contributed by atoms with Crippen molar-refractivity contribution in [3.63, 3.8) is 0 Å². The van der Waals surface area contributed by atoms with Gasteiger partial charge in [-0.15, -0.1) is 0 Å². The highest BCUT2D eigenvalue weighted by Crippen LogP contribution is 2.16. The van der Waals surface area contributed by atoms with Crippen LogP contribution in [0.4, 0.5) is 0 Å². The van der Waals surface area contributed by atoms with Crippen LogP contribution in [0.5, 0.6) is 0 Å². The Hall–Kier alpha value is -3.42. The summed E-state index contributed by atoms with van der Waals surface area (Å²) in [6.07, 6.45) is 7.56. The first kappa shape index (κ1) is 24.2. The van der Waals surface area contributed by atoms with Crippen molar-refractivity contribution in [1.29, 1.82) is 0 Å². The number of amides is 3. The number of hydrogen-bond donors (Lipinski definition) is 3. The minimum absolute atomic E-state index is 0.0913. The van der Waals surface area contributed by atoms with Crippen LogP contribution >= 0.6 is 0 Å². The van der Waals surface area contributed by atoms with Crippen LogP contribution in [0.1, 0.15) is 45.1 Å². The number of nitrogens with one attached hydrogen (secondary N) is 3. The van der Waals surface area contributed by atoms with Crippen LogP contribution in [0.2, 0.25) is 0 Å². The van der Waals surface area contributed by atoms with Gasteiger partial charge in [-0.05, 0) is 37.8 Å². The number of esters is 1. The lowest BCUT2D eigenvalue weighted by molar-refractivity contribution is -0.153. The normalized spacial score (nSPS) is 27.0. The Kier molecular flexibility index (Phi) is 8.40. The molecule has 0 radical (unpaired) electrons. The maximum atomic E-state index is 13.0. The predicted molar refractivity (Wildman–Crippen MR) is 123 cm³/mol. The maximum Gasteiger partial charge on any atom is 0.329 e. The molecule has 0 aromatic heterocycles. The zero-order valence-electron chi connectivity index (χ0n) is 19.0. The second-order valence-corrected chi connectivity index (χ2v) is 8.52. The zero-order valence-corrected chi connectivity index (χ0v) is 19.0. The number of carbonyl (C=O) groups excluding carboxylic acids is 4. The largest absolute Gasteiger partial charge is 0.461 e. The lowest BCUT2D eigenvalue weighted by Crippen LogP contribution is -2.54. The molecule has 1 aliphatic heterocycles. The van der Waals surface area contributed by atoms with Gasteiger partial charge in [-0.3, -0.25) is 14.4 Å². The first-order valence-corrected chi connectivity index (χ1v) is 11.3. The van der Waals surface area contributed by atoms with E-state index in [4.69, 9.17) is 4.74 Å². The van der Waals surface area contributed by atoms with Crippen molar-refractivity contribution in [2.24, 2.45) is 0 Å². The summed E-state index contributed by atoms with van der Waals surface area (Å²) in [6, 6.07) is 6.55. The van der Waals surface area contributed by atoms with Crippen molar-refractivity contribution >= 4 is 23.7 Å². The fourth-order valence-corrected chi connectivity index (χ4v) is 3.82. The molecule has 4 atom stereocenters. The zero-order chi connectivity index (χ0) is 23.8. The molecule has 1 aromatic rings. The van der Waals surface area contributed by atoms with E-state index in [1.54, 1.807) is 13.8 Å². The van der Waals surface area contributed by atoms with E-state index >= 15 is 0 Å². The summed E-state index contributed by atoms with van der Waals surface area (Å²) >= 11 is 0. The SMILES string of the molecule is C[C@@H]1CC(=O)N[C@H](CC2=CCCC=C2)C(=O)N[C@H](C)C(=O)N[C@H](Cc2ccccc2)C(=O)O1. The number of hydrogen-bond acceptors (Lipinski definition) is 5. The van der Waals surface area contributed by atoms with Gasteiger partial charge in [-0.2, -0.15) is 0 Å². The van der Waals surface area contributed by atoms with E-state index in [-0.39, 0.29) is 12.8 Å².